The van der Waals surface area contributed by atoms with E-state index in [9.17, 15) is 4.79 Å². The number of likely N-dealkylation sites (tertiary alicyclic amines) is 1. The molecule has 0 aliphatic carbocycles. The Labute approximate surface area is 157 Å². The van der Waals surface area contributed by atoms with Crippen LogP contribution < -0.4 is 0 Å². The molecule has 4 rings (SSSR count). The zero-order valence-corrected chi connectivity index (χ0v) is 15.7. The molecule has 1 saturated heterocycles. The molecular weight excluding hydrogens is 344 g/mol. The Morgan fingerprint density at radius 2 is 2.00 bits per heavy atom. The summed E-state index contributed by atoms with van der Waals surface area (Å²) in [4.78, 5) is 19.0. The van der Waals surface area contributed by atoms with E-state index in [-0.39, 0.29) is 5.97 Å². The Kier molecular flexibility index (Phi) is 5.00. The van der Waals surface area contributed by atoms with Gasteiger partial charge in [0.1, 0.15) is 0 Å². The van der Waals surface area contributed by atoms with Crippen LogP contribution >= 0.6 is 11.3 Å². The van der Waals surface area contributed by atoms with Gasteiger partial charge in [-0.15, -0.1) is 11.3 Å². The second kappa shape index (κ2) is 7.56. The lowest BCUT2D eigenvalue weighted by atomic mass is 9.97. The second-order valence-electron chi connectivity index (χ2n) is 6.76. The third-order valence-electron chi connectivity index (χ3n) is 5.00. The van der Waals surface area contributed by atoms with Gasteiger partial charge in [-0.05, 0) is 55.8 Å². The van der Waals surface area contributed by atoms with Gasteiger partial charge in [-0.25, -0.2) is 9.78 Å². The van der Waals surface area contributed by atoms with E-state index >= 15 is 0 Å². The van der Waals surface area contributed by atoms with Crippen LogP contribution in [0.25, 0.3) is 10.2 Å². The van der Waals surface area contributed by atoms with E-state index in [1.54, 1.807) is 6.07 Å². The van der Waals surface area contributed by atoms with Crippen LogP contribution in [0.1, 0.15) is 39.7 Å². The minimum absolute atomic E-state index is 0.276. The summed E-state index contributed by atoms with van der Waals surface area (Å²) in [5, 5.41) is 1.28. The summed E-state index contributed by atoms with van der Waals surface area (Å²) in [5.41, 5.74) is 2.90. The van der Waals surface area contributed by atoms with Crippen molar-refractivity contribution in [2.24, 2.45) is 0 Å². The minimum Gasteiger partial charge on any atom is -0.465 e. The summed E-state index contributed by atoms with van der Waals surface area (Å²) in [7, 11) is 1.42. The molecule has 1 aliphatic heterocycles. The van der Waals surface area contributed by atoms with Crippen LogP contribution in [0.3, 0.4) is 0 Å². The summed E-state index contributed by atoms with van der Waals surface area (Å²) < 4.78 is 6.09. The molecule has 26 heavy (non-hydrogen) atoms. The number of hydrogen-bond acceptors (Lipinski definition) is 5. The Hall–Kier alpha value is -2.24. The standard InChI is InChI=1S/C21H22N2O2S/c1-25-21(24)17-6-4-5-15(13-17)14-23-11-9-16(10-12-23)20-22-18-7-2-3-8-19(18)26-20/h2-8,13,16H,9-12,14H2,1H3. The van der Waals surface area contributed by atoms with Gasteiger partial charge in [-0.2, -0.15) is 0 Å². The van der Waals surface area contributed by atoms with Gasteiger partial charge in [0, 0.05) is 12.5 Å². The predicted molar refractivity (Wildman–Crippen MR) is 105 cm³/mol. The number of fused-ring (bicyclic) bond motifs is 1. The molecule has 2 aromatic carbocycles. The summed E-state index contributed by atoms with van der Waals surface area (Å²) in [6, 6.07) is 16.1. The number of thiazole rings is 1. The van der Waals surface area contributed by atoms with E-state index in [1.165, 1.54) is 16.8 Å². The van der Waals surface area contributed by atoms with Gasteiger partial charge in [-0.1, -0.05) is 24.3 Å². The zero-order valence-electron chi connectivity index (χ0n) is 14.9. The number of rotatable bonds is 4. The third-order valence-corrected chi connectivity index (χ3v) is 6.20. The molecular formula is C21H22N2O2S. The van der Waals surface area contributed by atoms with Crippen LogP contribution in [0, 0.1) is 0 Å². The van der Waals surface area contributed by atoms with Crippen molar-refractivity contribution in [3.63, 3.8) is 0 Å². The van der Waals surface area contributed by atoms with Crippen molar-refractivity contribution in [3.05, 3.63) is 64.7 Å². The van der Waals surface area contributed by atoms with Gasteiger partial charge in [0.15, 0.2) is 0 Å². The Morgan fingerprint density at radius 3 is 2.77 bits per heavy atom. The molecule has 0 saturated carbocycles. The van der Waals surface area contributed by atoms with E-state index in [2.05, 4.69) is 35.2 Å². The third kappa shape index (κ3) is 3.64. The molecule has 5 heteroatoms. The number of carbonyl (C=O) groups is 1. The van der Waals surface area contributed by atoms with E-state index in [4.69, 9.17) is 9.72 Å². The molecule has 0 N–H and O–H groups in total. The maximum atomic E-state index is 11.7. The first-order valence-electron chi connectivity index (χ1n) is 8.98. The number of piperidine rings is 1. The van der Waals surface area contributed by atoms with Crippen LogP contribution in [-0.2, 0) is 11.3 Å². The largest absolute Gasteiger partial charge is 0.465 e. The van der Waals surface area contributed by atoms with Gasteiger partial charge < -0.3 is 4.74 Å². The van der Waals surface area contributed by atoms with E-state index < -0.39 is 0 Å². The van der Waals surface area contributed by atoms with Gasteiger partial charge in [0.25, 0.3) is 0 Å². The van der Waals surface area contributed by atoms with Crippen LogP contribution in [0.2, 0.25) is 0 Å². The van der Waals surface area contributed by atoms with Crippen molar-refractivity contribution in [1.29, 1.82) is 0 Å². The minimum atomic E-state index is -0.276. The molecule has 1 fully saturated rings. The van der Waals surface area contributed by atoms with Crippen molar-refractivity contribution in [3.8, 4) is 0 Å². The average Bonchev–Trinajstić information content (AvgIpc) is 3.12. The highest BCUT2D eigenvalue weighted by molar-refractivity contribution is 7.18. The second-order valence-corrected chi connectivity index (χ2v) is 7.82. The number of ether oxygens (including phenoxy) is 1. The molecule has 0 unspecified atom stereocenters. The fraction of sp³-hybridized carbons (Fsp3) is 0.333. The van der Waals surface area contributed by atoms with Crippen LogP contribution in [0.4, 0.5) is 0 Å². The SMILES string of the molecule is COC(=O)c1cccc(CN2CCC(c3nc4ccccc4s3)CC2)c1. The zero-order chi connectivity index (χ0) is 17.9. The Bertz CT molecular complexity index is 880. The molecule has 2 heterocycles. The maximum absolute atomic E-state index is 11.7. The highest BCUT2D eigenvalue weighted by Crippen LogP contribution is 2.34. The fourth-order valence-corrected chi connectivity index (χ4v) is 4.71. The average molecular weight is 366 g/mol. The number of esters is 1. The van der Waals surface area contributed by atoms with Crippen molar-refractivity contribution in [1.82, 2.24) is 9.88 Å². The first kappa shape index (κ1) is 17.2. The van der Waals surface area contributed by atoms with Crippen molar-refractivity contribution >= 4 is 27.5 Å². The monoisotopic (exact) mass is 366 g/mol. The molecule has 134 valence electrons. The first-order valence-corrected chi connectivity index (χ1v) is 9.79. The summed E-state index contributed by atoms with van der Waals surface area (Å²) in [6.45, 7) is 2.99. The molecule has 3 aromatic rings. The number of benzene rings is 2. The van der Waals surface area contributed by atoms with Gasteiger partial charge in [0.05, 0.1) is 27.9 Å². The van der Waals surface area contributed by atoms with Crippen LogP contribution in [-0.4, -0.2) is 36.1 Å². The van der Waals surface area contributed by atoms with Crippen molar-refractivity contribution in [2.75, 3.05) is 20.2 Å². The quantitative estimate of drug-likeness (QED) is 0.639. The Balaban J connectivity index is 1.38. The van der Waals surface area contributed by atoms with E-state index in [0.717, 1.165) is 43.6 Å². The number of nitrogens with zero attached hydrogens (tertiary/aromatic N) is 2. The van der Waals surface area contributed by atoms with Gasteiger partial charge in [0.2, 0.25) is 0 Å². The molecule has 1 aromatic heterocycles. The molecule has 0 spiro atoms. The van der Waals surface area contributed by atoms with Crippen LogP contribution in [0.5, 0.6) is 0 Å². The number of carbonyl (C=O) groups excluding carboxylic acids is 1. The highest BCUT2D eigenvalue weighted by Gasteiger charge is 2.23. The number of methoxy groups -OCH3 is 1. The first-order chi connectivity index (χ1) is 12.7. The normalized spacial score (nSPS) is 16.0. The van der Waals surface area contributed by atoms with E-state index in [0.29, 0.717) is 11.5 Å². The molecule has 1 aliphatic rings. The van der Waals surface area contributed by atoms with Gasteiger partial charge >= 0.3 is 5.97 Å². The molecule has 0 atom stereocenters. The Morgan fingerprint density at radius 1 is 1.19 bits per heavy atom. The molecule has 4 nitrogen and oxygen atoms in total. The van der Waals surface area contributed by atoms with Gasteiger partial charge in [-0.3, -0.25) is 4.90 Å². The maximum Gasteiger partial charge on any atom is 0.337 e. The van der Waals surface area contributed by atoms with Crippen molar-refractivity contribution < 1.29 is 9.53 Å². The summed E-state index contributed by atoms with van der Waals surface area (Å²) >= 11 is 1.84. The number of para-hydroxylation sites is 1. The molecule has 0 bridgehead atoms. The lowest BCUT2D eigenvalue weighted by molar-refractivity contribution is 0.0600. The lowest BCUT2D eigenvalue weighted by Gasteiger charge is -2.31. The smallest absolute Gasteiger partial charge is 0.337 e. The predicted octanol–water partition coefficient (Wildman–Crippen LogP) is 4.46. The number of aromatic nitrogens is 1. The van der Waals surface area contributed by atoms with Crippen molar-refractivity contribution in [2.45, 2.75) is 25.3 Å². The summed E-state index contributed by atoms with van der Waals surface area (Å²) in [5.74, 6) is 0.284. The molecule has 0 radical (unpaired) electrons. The summed E-state index contributed by atoms with van der Waals surface area (Å²) in [6.07, 6.45) is 2.27. The fourth-order valence-electron chi connectivity index (χ4n) is 3.58. The van der Waals surface area contributed by atoms with Crippen LogP contribution in [0.15, 0.2) is 48.5 Å². The highest BCUT2D eigenvalue weighted by atomic mass is 32.1. The van der Waals surface area contributed by atoms with E-state index in [1.807, 2.05) is 23.5 Å². The molecule has 0 amide bonds. The topological polar surface area (TPSA) is 42.4 Å². The number of hydrogen-bond donors (Lipinski definition) is 0. The lowest BCUT2D eigenvalue weighted by Crippen LogP contribution is -2.32.